The van der Waals surface area contributed by atoms with E-state index >= 15 is 0 Å². The molecular formula is C28H28O4S. The minimum Gasteiger partial charge on any atom is -0.496 e. The maximum absolute atomic E-state index is 6.41. The highest BCUT2D eigenvalue weighted by Gasteiger charge is 2.30. The molecular weight excluding hydrogens is 432 g/mol. The molecule has 0 saturated carbocycles. The third-order valence-electron chi connectivity index (χ3n) is 5.90. The molecule has 0 atom stereocenters. The third kappa shape index (κ3) is 3.80. The summed E-state index contributed by atoms with van der Waals surface area (Å²) in [6, 6.07) is 12.3. The van der Waals surface area contributed by atoms with Gasteiger partial charge in [-0.3, -0.25) is 0 Å². The molecule has 2 aliphatic rings. The van der Waals surface area contributed by atoms with Gasteiger partial charge in [-0.1, -0.05) is 12.2 Å². The second-order valence-corrected chi connectivity index (χ2v) is 10.4. The van der Waals surface area contributed by atoms with E-state index in [9.17, 15) is 0 Å². The number of rotatable bonds is 4. The Bertz CT molecular complexity index is 1200. The molecule has 0 amide bonds. The molecule has 0 N–H and O–H groups in total. The Morgan fingerprint density at radius 1 is 0.636 bits per heavy atom. The maximum Gasteiger partial charge on any atom is 0.140 e. The van der Waals surface area contributed by atoms with Crippen LogP contribution in [0.5, 0.6) is 23.0 Å². The lowest BCUT2D eigenvalue weighted by molar-refractivity contribution is 0.159. The number of benzene rings is 2. The van der Waals surface area contributed by atoms with Crippen molar-refractivity contribution in [1.82, 2.24) is 0 Å². The van der Waals surface area contributed by atoms with Gasteiger partial charge in [0.1, 0.15) is 34.2 Å². The van der Waals surface area contributed by atoms with Crippen LogP contribution in [0, 0.1) is 0 Å². The standard InChI is InChI=1S/C28H28O4S/c1-27(2)15-13-17-7-9-19(29-5)23(25(17)31-27)21-11-12-22(33-21)24-20(30-6)10-8-18-14-16-28(3,4)32-26(18)24/h7-16H,1-6H3. The first-order chi connectivity index (χ1) is 15.7. The smallest absolute Gasteiger partial charge is 0.140 e. The number of hydrogen-bond acceptors (Lipinski definition) is 5. The van der Waals surface area contributed by atoms with Crippen LogP contribution in [-0.2, 0) is 0 Å². The fourth-order valence-corrected chi connectivity index (χ4v) is 5.33. The summed E-state index contributed by atoms with van der Waals surface area (Å²) in [6.45, 7) is 8.24. The van der Waals surface area contributed by atoms with E-state index in [1.54, 1.807) is 25.6 Å². The van der Waals surface area contributed by atoms with E-state index in [-0.39, 0.29) is 11.2 Å². The summed E-state index contributed by atoms with van der Waals surface area (Å²) >= 11 is 1.68. The van der Waals surface area contributed by atoms with E-state index in [1.807, 2.05) is 24.3 Å². The van der Waals surface area contributed by atoms with Gasteiger partial charge in [-0.25, -0.2) is 0 Å². The SMILES string of the molecule is COc1ccc2c(c1-c1ccc(-c3c(OC)ccc4c3OC(C)(C)C=C4)s1)OC(C)(C)C=C2. The molecule has 170 valence electrons. The van der Waals surface area contributed by atoms with Crippen LogP contribution < -0.4 is 18.9 Å². The average molecular weight is 461 g/mol. The van der Waals surface area contributed by atoms with Crippen molar-refractivity contribution in [1.29, 1.82) is 0 Å². The van der Waals surface area contributed by atoms with Crippen LogP contribution in [-0.4, -0.2) is 25.4 Å². The van der Waals surface area contributed by atoms with E-state index in [0.717, 1.165) is 55.0 Å². The van der Waals surface area contributed by atoms with Crippen molar-refractivity contribution in [2.24, 2.45) is 0 Å². The average Bonchev–Trinajstić information content (AvgIpc) is 3.25. The number of fused-ring (bicyclic) bond motifs is 2. The summed E-state index contributed by atoms with van der Waals surface area (Å²) in [7, 11) is 3.39. The Morgan fingerprint density at radius 2 is 1.06 bits per heavy atom. The van der Waals surface area contributed by atoms with Crippen molar-refractivity contribution < 1.29 is 18.9 Å². The summed E-state index contributed by atoms with van der Waals surface area (Å²) in [5.41, 5.74) is 3.25. The van der Waals surface area contributed by atoms with Crippen molar-refractivity contribution in [3.8, 4) is 43.9 Å². The first kappa shape index (κ1) is 21.7. The molecule has 3 heterocycles. The van der Waals surface area contributed by atoms with Crippen molar-refractivity contribution in [2.75, 3.05) is 14.2 Å². The minimum atomic E-state index is -0.387. The predicted octanol–water partition coefficient (Wildman–Crippen LogP) is 7.47. The van der Waals surface area contributed by atoms with Crippen molar-refractivity contribution >= 4 is 23.5 Å². The highest BCUT2D eigenvalue weighted by molar-refractivity contribution is 7.19. The van der Waals surface area contributed by atoms with E-state index in [0.29, 0.717) is 0 Å². The van der Waals surface area contributed by atoms with Gasteiger partial charge in [-0.15, -0.1) is 11.3 Å². The molecule has 0 spiro atoms. The maximum atomic E-state index is 6.41. The van der Waals surface area contributed by atoms with Gasteiger partial charge in [0.15, 0.2) is 0 Å². The van der Waals surface area contributed by atoms with Gasteiger partial charge in [0, 0.05) is 20.9 Å². The van der Waals surface area contributed by atoms with Gasteiger partial charge >= 0.3 is 0 Å². The second kappa shape index (κ2) is 7.70. The van der Waals surface area contributed by atoms with Crippen molar-refractivity contribution in [2.45, 2.75) is 38.9 Å². The van der Waals surface area contributed by atoms with Crippen LogP contribution in [0.1, 0.15) is 38.8 Å². The highest BCUT2D eigenvalue weighted by atomic mass is 32.1. The minimum absolute atomic E-state index is 0.387. The monoisotopic (exact) mass is 460 g/mol. The summed E-state index contributed by atoms with van der Waals surface area (Å²) in [6.07, 6.45) is 8.41. The molecule has 5 rings (SSSR count). The largest absolute Gasteiger partial charge is 0.496 e. The molecule has 1 aromatic heterocycles. The molecule has 0 unspecified atom stereocenters. The van der Waals surface area contributed by atoms with Crippen LogP contribution in [0.25, 0.3) is 33.0 Å². The van der Waals surface area contributed by atoms with Crippen LogP contribution >= 0.6 is 11.3 Å². The lowest BCUT2D eigenvalue weighted by Gasteiger charge is -2.30. The van der Waals surface area contributed by atoms with Gasteiger partial charge < -0.3 is 18.9 Å². The van der Waals surface area contributed by atoms with Gasteiger partial charge in [0.05, 0.1) is 25.3 Å². The Balaban J connectivity index is 1.68. The van der Waals surface area contributed by atoms with Crippen LogP contribution in [0.4, 0.5) is 0 Å². The molecule has 5 heteroatoms. The molecule has 2 aromatic carbocycles. The number of methoxy groups -OCH3 is 2. The Morgan fingerprint density at radius 3 is 1.45 bits per heavy atom. The number of hydrogen-bond donors (Lipinski definition) is 0. The fraction of sp³-hybridized carbons (Fsp3) is 0.286. The molecule has 0 aliphatic carbocycles. The first-order valence-corrected chi connectivity index (χ1v) is 11.8. The van der Waals surface area contributed by atoms with Crippen LogP contribution in [0.15, 0.2) is 48.6 Å². The van der Waals surface area contributed by atoms with E-state index in [2.05, 4.69) is 64.1 Å². The molecule has 3 aromatic rings. The lowest BCUT2D eigenvalue weighted by atomic mass is 9.98. The second-order valence-electron chi connectivity index (χ2n) is 9.36. The van der Waals surface area contributed by atoms with Gasteiger partial charge in [-0.05, 0) is 76.2 Å². The summed E-state index contributed by atoms with van der Waals surface area (Å²) in [5, 5.41) is 0. The van der Waals surface area contributed by atoms with E-state index in [4.69, 9.17) is 18.9 Å². The zero-order valence-corrected chi connectivity index (χ0v) is 20.6. The molecule has 0 bridgehead atoms. The Hall–Kier alpha value is -3.18. The topological polar surface area (TPSA) is 36.9 Å². The van der Waals surface area contributed by atoms with Crippen molar-refractivity contribution in [3.63, 3.8) is 0 Å². The zero-order chi connectivity index (χ0) is 23.4. The normalized spacial score (nSPS) is 16.9. The van der Waals surface area contributed by atoms with Crippen LogP contribution in [0.3, 0.4) is 0 Å². The first-order valence-electron chi connectivity index (χ1n) is 11.0. The van der Waals surface area contributed by atoms with Gasteiger partial charge in [-0.2, -0.15) is 0 Å². The fourth-order valence-electron chi connectivity index (χ4n) is 4.23. The quantitative estimate of drug-likeness (QED) is 0.405. The van der Waals surface area contributed by atoms with Crippen molar-refractivity contribution in [3.05, 3.63) is 59.7 Å². The van der Waals surface area contributed by atoms with Gasteiger partial charge in [0.25, 0.3) is 0 Å². The molecule has 4 nitrogen and oxygen atoms in total. The molecule has 33 heavy (non-hydrogen) atoms. The molecule has 0 saturated heterocycles. The number of thiophene rings is 1. The van der Waals surface area contributed by atoms with E-state index < -0.39 is 0 Å². The Kier molecular flexibility index (Phi) is 5.05. The van der Waals surface area contributed by atoms with Gasteiger partial charge in [0.2, 0.25) is 0 Å². The van der Waals surface area contributed by atoms with E-state index in [1.165, 1.54) is 0 Å². The zero-order valence-electron chi connectivity index (χ0n) is 19.8. The Labute approximate surface area is 199 Å². The predicted molar refractivity (Wildman–Crippen MR) is 136 cm³/mol. The van der Waals surface area contributed by atoms with Crippen LogP contribution in [0.2, 0.25) is 0 Å². The molecule has 0 fully saturated rings. The molecule has 0 radical (unpaired) electrons. The summed E-state index contributed by atoms with van der Waals surface area (Å²) in [4.78, 5) is 2.13. The third-order valence-corrected chi connectivity index (χ3v) is 7.02. The summed E-state index contributed by atoms with van der Waals surface area (Å²) in [5.74, 6) is 3.27. The summed E-state index contributed by atoms with van der Waals surface area (Å²) < 4.78 is 24.3. The highest BCUT2D eigenvalue weighted by Crippen LogP contribution is 2.52. The molecule has 2 aliphatic heterocycles. The lowest BCUT2D eigenvalue weighted by Crippen LogP contribution is -2.27. The number of ether oxygens (including phenoxy) is 4.